The van der Waals surface area contributed by atoms with E-state index in [4.69, 9.17) is 4.74 Å². The van der Waals surface area contributed by atoms with Crippen LogP contribution in [0.5, 0.6) is 5.75 Å². The number of thioether (sulfide) groups is 1. The van der Waals surface area contributed by atoms with E-state index in [0.717, 1.165) is 22.0 Å². The molecule has 2 aromatic carbocycles. The zero-order valence-corrected chi connectivity index (χ0v) is 14.7. The number of fused-ring (bicyclic) bond motifs is 3. The monoisotopic (exact) mass is 352 g/mol. The van der Waals surface area contributed by atoms with Gasteiger partial charge in [-0.3, -0.25) is 13.8 Å². The molecule has 25 heavy (non-hydrogen) atoms. The van der Waals surface area contributed by atoms with Gasteiger partial charge in [0.05, 0.1) is 23.8 Å². The maximum absolute atomic E-state index is 12.5. The number of methoxy groups -OCH3 is 1. The molecule has 6 nitrogen and oxygen atoms in total. The van der Waals surface area contributed by atoms with Crippen molar-refractivity contribution < 1.29 is 4.74 Å². The van der Waals surface area contributed by atoms with Crippen molar-refractivity contribution in [3.8, 4) is 5.75 Å². The fraction of sp³-hybridized carbons (Fsp3) is 0.167. The molecule has 4 rings (SSSR count). The van der Waals surface area contributed by atoms with E-state index < -0.39 is 0 Å². The molecule has 0 aliphatic heterocycles. The van der Waals surface area contributed by atoms with Crippen molar-refractivity contribution in [3.63, 3.8) is 0 Å². The van der Waals surface area contributed by atoms with Crippen LogP contribution in [0.3, 0.4) is 0 Å². The second-order valence-electron chi connectivity index (χ2n) is 5.57. The first kappa shape index (κ1) is 15.7. The van der Waals surface area contributed by atoms with Crippen LogP contribution in [0, 0.1) is 0 Å². The minimum Gasteiger partial charge on any atom is -0.496 e. The smallest absolute Gasteiger partial charge is 0.262 e. The van der Waals surface area contributed by atoms with Gasteiger partial charge in [0, 0.05) is 11.9 Å². The minimum absolute atomic E-state index is 0.0700. The number of aromatic nitrogens is 4. The van der Waals surface area contributed by atoms with Crippen LogP contribution in [-0.4, -0.2) is 26.3 Å². The quantitative estimate of drug-likeness (QED) is 0.529. The van der Waals surface area contributed by atoms with E-state index in [-0.39, 0.29) is 5.56 Å². The van der Waals surface area contributed by atoms with Crippen LogP contribution >= 0.6 is 11.8 Å². The molecule has 2 aromatic heterocycles. The highest BCUT2D eigenvalue weighted by Crippen LogP contribution is 2.31. The Morgan fingerprint density at radius 1 is 1.08 bits per heavy atom. The van der Waals surface area contributed by atoms with Gasteiger partial charge in [0.25, 0.3) is 5.56 Å². The van der Waals surface area contributed by atoms with Crippen molar-refractivity contribution in [2.75, 3.05) is 7.11 Å². The summed E-state index contributed by atoms with van der Waals surface area (Å²) < 4.78 is 8.88. The zero-order valence-electron chi connectivity index (χ0n) is 13.8. The molecule has 0 amide bonds. The normalized spacial score (nSPS) is 11.3. The molecule has 126 valence electrons. The summed E-state index contributed by atoms with van der Waals surface area (Å²) in [5, 5.41) is 9.18. The third-order valence-corrected chi connectivity index (χ3v) is 5.17. The van der Waals surface area contributed by atoms with Gasteiger partial charge < -0.3 is 4.74 Å². The van der Waals surface area contributed by atoms with Gasteiger partial charge in [-0.15, -0.1) is 22.0 Å². The molecule has 4 aromatic rings. The van der Waals surface area contributed by atoms with Crippen LogP contribution in [0.2, 0.25) is 0 Å². The Balaban J connectivity index is 1.82. The standard InChI is InChI=1S/C18H16N4O2S/c1-21-17(23)12-7-3-4-8-13(12)22-16(19-20-18(21)22)11-25-15-10-6-5-9-14(15)24-2/h3-10H,11H2,1-2H3. The van der Waals surface area contributed by atoms with Crippen molar-refractivity contribution in [3.05, 3.63) is 64.7 Å². The van der Waals surface area contributed by atoms with Crippen LogP contribution in [0.1, 0.15) is 5.82 Å². The number of ether oxygens (including phenoxy) is 1. The Morgan fingerprint density at radius 2 is 1.84 bits per heavy atom. The average Bonchev–Trinajstić information content (AvgIpc) is 3.09. The van der Waals surface area contributed by atoms with Crippen LogP contribution < -0.4 is 10.3 Å². The lowest BCUT2D eigenvalue weighted by Gasteiger charge is -2.09. The second kappa shape index (κ2) is 6.25. The van der Waals surface area contributed by atoms with Gasteiger partial charge in [0.15, 0.2) is 0 Å². The van der Waals surface area contributed by atoms with E-state index in [1.54, 1.807) is 25.9 Å². The topological polar surface area (TPSA) is 61.4 Å². The molecule has 0 aliphatic rings. The molecule has 0 spiro atoms. The fourth-order valence-electron chi connectivity index (χ4n) is 2.87. The first-order valence-electron chi connectivity index (χ1n) is 7.78. The summed E-state index contributed by atoms with van der Waals surface area (Å²) in [7, 11) is 3.38. The highest BCUT2D eigenvalue weighted by atomic mass is 32.2. The van der Waals surface area contributed by atoms with Gasteiger partial charge >= 0.3 is 0 Å². The summed E-state index contributed by atoms with van der Waals surface area (Å²) in [5.41, 5.74) is 0.751. The highest BCUT2D eigenvalue weighted by molar-refractivity contribution is 7.98. The van der Waals surface area contributed by atoms with E-state index in [2.05, 4.69) is 10.2 Å². The molecule has 0 N–H and O–H groups in total. The van der Waals surface area contributed by atoms with Gasteiger partial charge in [0.1, 0.15) is 11.6 Å². The number of benzene rings is 2. The third-order valence-electron chi connectivity index (χ3n) is 4.12. The minimum atomic E-state index is -0.0700. The lowest BCUT2D eigenvalue weighted by Crippen LogP contribution is -2.20. The molecule has 0 saturated carbocycles. The first-order chi connectivity index (χ1) is 12.2. The predicted molar refractivity (Wildman–Crippen MR) is 98.3 cm³/mol. The molecule has 0 fully saturated rings. The van der Waals surface area contributed by atoms with Gasteiger partial charge in [0.2, 0.25) is 5.78 Å². The third kappa shape index (κ3) is 2.56. The predicted octanol–water partition coefficient (Wildman–Crippen LogP) is 2.88. The van der Waals surface area contributed by atoms with Gasteiger partial charge in [-0.1, -0.05) is 24.3 Å². The number of nitrogens with zero attached hydrogens (tertiary/aromatic N) is 4. The van der Waals surface area contributed by atoms with Crippen molar-refractivity contribution in [2.24, 2.45) is 7.05 Å². The van der Waals surface area contributed by atoms with Crippen molar-refractivity contribution in [2.45, 2.75) is 10.6 Å². The van der Waals surface area contributed by atoms with Crippen LogP contribution in [0.25, 0.3) is 16.7 Å². The van der Waals surface area contributed by atoms with Crippen molar-refractivity contribution in [1.82, 2.24) is 19.2 Å². The van der Waals surface area contributed by atoms with E-state index in [0.29, 0.717) is 16.9 Å². The Bertz CT molecular complexity index is 1130. The molecule has 2 heterocycles. The maximum Gasteiger partial charge on any atom is 0.262 e. The molecule has 0 atom stereocenters. The number of hydrogen-bond donors (Lipinski definition) is 0. The number of aryl methyl sites for hydroxylation is 1. The molecule has 0 radical (unpaired) electrons. The summed E-state index contributed by atoms with van der Waals surface area (Å²) in [6, 6.07) is 15.4. The molecule has 0 saturated heterocycles. The molecule has 0 aliphatic carbocycles. The lowest BCUT2D eigenvalue weighted by molar-refractivity contribution is 0.405. The zero-order chi connectivity index (χ0) is 17.4. The van der Waals surface area contributed by atoms with Crippen molar-refractivity contribution in [1.29, 1.82) is 0 Å². The van der Waals surface area contributed by atoms with Gasteiger partial charge in [-0.05, 0) is 24.3 Å². The van der Waals surface area contributed by atoms with Gasteiger partial charge in [-0.25, -0.2) is 0 Å². The Morgan fingerprint density at radius 3 is 2.68 bits per heavy atom. The van der Waals surface area contributed by atoms with Crippen LogP contribution in [-0.2, 0) is 12.8 Å². The summed E-state index contributed by atoms with van der Waals surface area (Å²) in [4.78, 5) is 13.5. The molecular formula is C18H16N4O2S. The summed E-state index contributed by atoms with van der Waals surface area (Å²) in [6.45, 7) is 0. The maximum atomic E-state index is 12.5. The summed E-state index contributed by atoms with van der Waals surface area (Å²) >= 11 is 1.63. The Kier molecular flexibility index (Phi) is 3.93. The molecular weight excluding hydrogens is 336 g/mol. The highest BCUT2D eigenvalue weighted by Gasteiger charge is 2.15. The second-order valence-corrected chi connectivity index (χ2v) is 6.59. The van der Waals surface area contributed by atoms with E-state index >= 15 is 0 Å². The van der Waals surface area contributed by atoms with E-state index in [1.165, 1.54) is 4.57 Å². The van der Waals surface area contributed by atoms with Gasteiger partial charge in [-0.2, -0.15) is 0 Å². The number of para-hydroxylation sites is 2. The number of hydrogen-bond acceptors (Lipinski definition) is 5. The number of rotatable bonds is 4. The Labute approximate surface area is 148 Å². The van der Waals surface area contributed by atoms with Crippen LogP contribution in [0.4, 0.5) is 0 Å². The average molecular weight is 352 g/mol. The Hall–Kier alpha value is -2.80. The van der Waals surface area contributed by atoms with Crippen LogP contribution in [0.15, 0.2) is 58.2 Å². The fourth-order valence-corrected chi connectivity index (χ4v) is 3.81. The molecule has 0 bridgehead atoms. The SMILES string of the molecule is COc1ccccc1SCc1nnc2n(C)c(=O)c3ccccc3n12. The largest absolute Gasteiger partial charge is 0.496 e. The van der Waals surface area contributed by atoms with E-state index in [9.17, 15) is 4.79 Å². The van der Waals surface area contributed by atoms with E-state index in [1.807, 2.05) is 52.9 Å². The molecule has 0 unspecified atom stereocenters. The first-order valence-corrected chi connectivity index (χ1v) is 8.77. The lowest BCUT2D eigenvalue weighted by atomic mass is 10.2. The van der Waals surface area contributed by atoms with Crippen molar-refractivity contribution >= 4 is 28.4 Å². The molecule has 7 heteroatoms. The summed E-state index contributed by atoms with van der Waals surface area (Å²) in [6.07, 6.45) is 0. The summed E-state index contributed by atoms with van der Waals surface area (Å²) in [5.74, 6) is 2.78.